The number of aromatic nitrogens is 4. The number of rotatable bonds is 6. The SMILES string of the molecule is COc1ccc(OC)c(NC(=O)C2CCN(c3nnc(C)c4c(C)n(-c5ccccc5)nc34)CC2)c1. The first-order valence-corrected chi connectivity index (χ1v) is 12.1. The predicted octanol–water partition coefficient (Wildman–Crippen LogP) is 4.30. The van der Waals surface area contributed by atoms with Gasteiger partial charge in [-0.2, -0.15) is 10.2 Å². The number of anilines is 2. The predicted molar refractivity (Wildman–Crippen MR) is 139 cm³/mol. The number of hydrogen-bond acceptors (Lipinski definition) is 7. The van der Waals surface area contributed by atoms with Gasteiger partial charge in [-0.3, -0.25) is 4.79 Å². The highest BCUT2D eigenvalue weighted by atomic mass is 16.5. The van der Waals surface area contributed by atoms with Gasteiger partial charge in [0.15, 0.2) is 5.82 Å². The lowest BCUT2D eigenvalue weighted by Crippen LogP contribution is -2.38. The molecule has 2 aromatic carbocycles. The number of para-hydroxylation sites is 1. The molecule has 0 bridgehead atoms. The first-order valence-electron chi connectivity index (χ1n) is 12.1. The number of aryl methyl sites for hydroxylation is 2. The van der Waals surface area contributed by atoms with Crippen LogP contribution >= 0.6 is 0 Å². The molecule has 1 saturated heterocycles. The Bertz CT molecular complexity index is 1390. The summed E-state index contributed by atoms with van der Waals surface area (Å²) in [6.45, 7) is 5.41. The van der Waals surface area contributed by atoms with Gasteiger partial charge in [0.2, 0.25) is 5.91 Å². The van der Waals surface area contributed by atoms with E-state index in [1.165, 1.54) is 0 Å². The number of fused-ring (bicyclic) bond motifs is 1. The Morgan fingerprint density at radius 1 is 1.00 bits per heavy atom. The van der Waals surface area contributed by atoms with E-state index in [1.54, 1.807) is 32.4 Å². The fraction of sp³-hybridized carbons (Fsp3) is 0.333. The fourth-order valence-corrected chi connectivity index (χ4v) is 4.85. The van der Waals surface area contributed by atoms with Crippen LogP contribution < -0.4 is 19.7 Å². The van der Waals surface area contributed by atoms with Gasteiger partial charge in [0.1, 0.15) is 17.0 Å². The highest BCUT2D eigenvalue weighted by Gasteiger charge is 2.29. The van der Waals surface area contributed by atoms with Crippen LogP contribution in [0.5, 0.6) is 11.5 Å². The molecular formula is C27H30N6O3. The molecule has 1 fully saturated rings. The first kappa shape index (κ1) is 23.6. The summed E-state index contributed by atoms with van der Waals surface area (Å²) in [4.78, 5) is 15.3. The molecule has 186 valence electrons. The fourth-order valence-electron chi connectivity index (χ4n) is 4.85. The van der Waals surface area contributed by atoms with Gasteiger partial charge >= 0.3 is 0 Å². The van der Waals surface area contributed by atoms with E-state index >= 15 is 0 Å². The van der Waals surface area contributed by atoms with E-state index < -0.39 is 0 Å². The van der Waals surface area contributed by atoms with Gasteiger partial charge in [0, 0.05) is 25.1 Å². The van der Waals surface area contributed by atoms with E-state index in [0.717, 1.165) is 33.8 Å². The molecule has 0 spiro atoms. The second kappa shape index (κ2) is 9.85. The van der Waals surface area contributed by atoms with Gasteiger partial charge in [-0.05, 0) is 51.0 Å². The summed E-state index contributed by atoms with van der Waals surface area (Å²) < 4.78 is 12.6. The average Bonchev–Trinajstić information content (AvgIpc) is 3.27. The van der Waals surface area contributed by atoms with Crippen LogP contribution in [0.4, 0.5) is 11.5 Å². The number of benzene rings is 2. The molecule has 9 heteroatoms. The lowest BCUT2D eigenvalue weighted by atomic mass is 9.95. The lowest BCUT2D eigenvalue weighted by Gasteiger charge is -2.32. The molecule has 0 atom stereocenters. The van der Waals surface area contributed by atoms with Crippen molar-refractivity contribution in [2.45, 2.75) is 26.7 Å². The zero-order valence-corrected chi connectivity index (χ0v) is 21.0. The molecular weight excluding hydrogens is 456 g/mol. The maximum Gasteiger partial charge on any atom is 0.227 e. The van der Waals surface area contributed by atoms with Crippen LogP contribution in [-0.4, -0.2) is 53.2 Å². The topological polar surface area (TPSA) is 94.4 Å². The summed E-state index contributed by atoms with van der Waals surface area (Å²) in [5.41, 5.74) is 4.34. The van der Waals surface area contributed by atoms with Crippen LogP contribution in [-0.2, 0) is 4.79 Å². The minimum atomic E-state index is -0.116. The number of amides is 1. The molecule has 0 radical (unpaired) electrons. The molecule has 5 rings (SSSR count). The number of carbonyl (C=O) groups excluding carboxylic acids is 1. The molecule has 0 saturated carbocycles. The number of methoxy groups -OCH3 is 2. The van der Waals surface area contributed by atoms with E-state index in [0.29, 0.717) is 43.1 Å². The minimum absolute atomic E-state index is 0.0226. The van der Waals surface area contributed by atoms with Gasteiger partial charge in [0.25, 0.3) is 0 Å². The number of hydrogen-bond donors (Lipinski definition) is 1. The zero-order chi connectivity index (χ0) is 25.2. The Balaban J connectivity index is 1.35. The van der Waals surface area contributed by atoms with Crippen molar-refractivity contribution < 1.29 is 14.3 Å². The molecule has 1 aliphatic rings. The third-order valence-electron chi connectivity index (χ3n) is 6.82. The first-order chi connectivity index (χ1) is 17.5. The van der Waals surface area contributed by atoms with Crippen molar-refractivity contribution in [1.82, 2.24) is 20.0 Å². The molecule has 1 amide bonds. The Morgan fingerprint density at radius 3 is 2.44 bits per heavy atom. The highest BCUT2D eigenvalue weighted by molar-refractivity contribution is 5.95. The molecule has 4 aromatic rings. The summed E-state index contributed by atoms with van der Waals surface area (Å²) in [6.07, 6.45) is 1.40. The summed E-state index contributed by atoms with van der Waals surface area (Å²) in [5, 5.41) is 17.9. The Kier molecular flexibility index (Phi) is 6.45. The smallest absolute Gasteiger partial charge is 0.227 e. The van der Waals surface area contributed by atoms with E-state index in [1.807, 2.05) is 41.9 Å². The third kappa shape index (κ3) is 4.32. The highest BCUT2D eigenvalue weighted by Crippen LogP contribution is 2.33. The number of carbonyl (C=O) groups is 1. The second-order valence-electron chi connectivity index (χ2n) is 8.98. The quantitative estimate of drug-likeness (QED) is 0.434. The maximum atomic E-state index is 13.1. The Labute approximate surface area is 210 Å². The molecule has 1 N–H and O–H groups in total. The number of ether oxygens (including phenoxy) is 2. The summed E-state index contributed by atoms with van der Waals surface area (Å²) >= 11 is 0. The van der Waals surface area contributed by atoms with Crippen molar-refractivity contribution in [3.8, 4) is 17.2 Å². The number of piperidine rings is 1. The number of nitrogens with zero attached hydrogens (tertiary/aromatic N) is 5. The second-order valence-corrected chi connectivity index (χ2v) is 8.98. The normalized spacial score (nSPS) is 14.2. The van der Waals surface area contributed by atoms with Gasteiger partial charge in [-0.1, -0.05) is 18.2 Å². The van der Waals surface area contributed by atoms with Gasteiger partial charge in [-0.15, -0.1) is 5.10 Å². The van der Waals surface area contributed by atoms with Crippen molar-refractivity contribution in [2.24, 2.45) is 5.92 Å². The zero-order valence-electron chi connectivity index (χ0n) is 21.0. The molecule has 36 heavy (non-hydrogen) atoms. The largest absolute Gasteiger partial charge is 0.497 e. The molecule has 0 unspecified atom stereocenters. The number of nitrogens with one attached hydrogen (secondary N) is 1. The van der Waals surface area contributed by atoms with Gasteiger partial charge in [-0.25, -0.2) is 4.68 Å². The lowest BCUT2D eigenvalue weighted by molar-refractivity contribution is -0.120. The summed E-state index contributed by atoms with van der Waals surface area (Å²) in [6, 6.07) is 15.4. The van der Waals surface area contributed by atoms with Crippen molar-refractivity contribution in [2.75, 3.05) is 37.5 Å². The van der Waals surface area contributed by atoms with Crippen molar-refractivity contribution in [3.05, 3.63) is 59.9 Å². The monoisotopic (exact) mass is 486 g/mol. The van der Waals surface area contributed by atoms with Crippen molar-refractivity contribution in [1.29, 1.82) is 0 Å². The standard InChI is InChI=1S/C27H30N6O3/c1-17-24-18(2)33(20-8-6-5-7-9-20)31-25(24)26(30-29-17)32-14-12-19(13-15-32)27(34)28-22-16-21(35-3)10-11-23(22)36-4/h5-11,16,19H,12-15H2,1-4H3,(H,28,34). The minimum Gasteiger partial charge on any atom is -0.497 e. The van der Waals surface area contributed by atoms with Crippen LogP contribution in [0.25, 0.3) is 16.6 Å². The molecule has 3 heterocycles. The van der Waals surface area contributed by atoms with Crippen LogP contribution in [0.1, 0.15) is 24.2 Å². The van der Waals surface area contributed by atoms with E-state index in [-0.39, 0.29) is 11.8 Å². The molecule has 0 aliphatic carbocycles. The van der Waals surface area contributed by atoms with Gasteiger partial charge < -0.3 is 19.7 Å². The third-order valence-corrected chi connectivity index (χ3v) is 6.82. The molecule has 2 aromatic heterocycles. The van der Waals surface area contributed by atoms with Crippen LogP contribution in [0.15, 0.2) is 48.5 Å². The molecule has 1 aliphatic heterocycles. The summed E-state index contributed by atoms with van der Waals surface area (Å²) in [5.74, 6) is 1.89. The van der Waals surface area contributed by atoms with Crippen molar-refractivity contribution in [3.63, 3.8) is 0 Å². The van der Waals surface area contributed by atoms with Crippen molar-refractivity contribution >= 4 is 28.3 Å². The van der Waals surface area contributed by atoms with E-state index in [4.69, 9.17) is 14.6 Å². The van der Waals surface area contributed by atoms with E-state index in [9.17, 15) is 4.79 Å². The summed E-state index contributed by atoms with van der Waals surface area (Å²) in [7, 11) is 3.18. The Morgan fingerprint density at radius 2 is 1.75 bits per heavy atom. The molecule has 9 nitrogen and oxygen atoms in total. The average molecular weight is 487 g/mol. The van der Waals surface area contributed by atoms with Crippen LogP contribution in [0.3, 0.4) is 0 Å². The van der Waals surface area contributed by atoms with Crippen LogP contribution in [0.2, 0.25) is 0 Å². The van der Waals surface area contributed by atoms with Gasteiger partial charge in [0.05, 0.1) is 42.4 Å². The Hall–Kier alpha value is -4.14. The maximum absolute atomic E-state index is 13.1. The van der Waals surface area contributed by atoms with E-state index in [2.05, 4.69) is 27.3 Å². The van der Waals surface area contributed by atoms with Crippen LogP contribution in [0, 0.1) is 19.8 Å².